The summed E-state index contributed by atoms with van der Waals surface area (Å²) < 4.78 is 6.33. The zero-order valence-corrected chi connectivity index (χ0v) is 16.1. The van der Waals surface area contributed by atoms with Crippen LogP contribution in [0.1, 0.15) is 27.2 Å². The normalized spacial score (nSPS) is 17.5. The Kier molecular flexibility index (Phi) is 4.74. The summed E-state index contributed by atoms with van der Waals surface area (Å²) in [5.41, 5.74) is 0.144. The van der Waals surface area contributed by atoms with Gasteiger partial charge in [-0.05, 0) is 33.3 Å². The number of nitro groups is 1. The lowest BCUT2D eigenvalue weighted by molar-refractivity contribution is -0.384. The van der Waals surface area contributed by atoms with Crippen molar-refractivity contribution in [2.45, 2.75) is 38.8 Å². The van der Waals surface area contributed by atoms with Crippen molar-refractivity contribution < 1.29 is 14.5 Å². The van der Waals surface area contributed by atoms with Crippen LogP contribution in [0, 0.1) is 10.1 Å². The number of rotatable bonds is 3. The molecule has 0 saturated carbocycles. The molecule has 0 aliphatic carbocycles. The minimum atomic E-state index is -0.511. The molecule has 2 aromatic rings. The van der Waals surface area contributed by atoms with E-state index in [-0.39, 0.29) is 17.8 Å². The zero-order valence-electron chi connectivity index (χ0n) is 15.3. The highest BCUT2D eigenvalue weighted by Crippen LogP contribution is 2.32. The van der Waals surface area contributed by atoms with E-state index in [1.807, 2.05) is 32.7 Å². The Labute approximate surface area is 155 Å². The van der Waals surface area contributed by atoms with Gasteiger partial charge in [-0.3, -0.25) is 10.1 Å². The first-order chi connectivity index (χ1) is 12.1. The van der Waals surface area contributed by atoms with E-state index in [4.69, 9.17) is 4.74 Å². The zero-order chi connectivity index (χ0) is 19.1. The van der Waals surface area contributed by atoms with Crippen molar-refractivity contribution in [3.8, 4) is 0 Å². The summed E-state index contributed by atoms with van der Waals surface area (Å²) in [6, 6.07) is 4.84. The Morgan fingerprint density at radius 2 is 2.19 bits per heavy atom. The van der Waals surface area contributed by atoms with E-state index in [0.717, 1.165) is 16.3 Å². The standard InChI is InChI=1S/C17H22N4O4S/c1-17(2,3)25-16(22)20-8-7-12(10-20)19(4)15-18-13-9-11(21(23)24)5-6-14(13)26-15/h5-6,9,12H,7-8,10H2,1-4H3/t12-/m0/s1. The quantitative estimate of drug-likeness (QED) is 0.598. The third kappa shape index (κ3) is 3.87. The number of fused-ring (bicyclic) bond motifs is 1. The van der Waals surface area contributed by atoms with E-state index >= 15 is 0 Å². The van der Waals surface area contributed by atoms with Crippen LogP contribution in [0.25, 0.3) is 10.2 Å². The molecule has 1 aliphatic heterocycles. The molecule has 1 amide bonds. The van der Waals surface area contributed by atoms with Gasteiger partial charge in [-0.1, -0.05) is 11.3 Å². The average Bonchev–Trinajstić information content (AvgIpc) is 3.18. The van der Waals surface area contributed by atoms with Crippen LogP contribution in [0.5, 0.6) is 0 Å². The summed E-state index contributed by atoms with van der Waals surface area (Å²) in [7, 11) is 1.94. The molecule has 8 nitrogen and oxygen atoms in total. The SMILES string of the molecule is CN(c1nc2cc([N+](=O)[O-])ccc2s1)[C@H]1CCN(C(=O)OC(C)(C)C)C1. The number of nitrogens with zero attached hydrogens (tertiary/aromatic N) is 4. The lowest BCUT2D eigenvalue weighted by atomic mass is 10.2. The molecular weight excluding hydrogens is 356 g/mol. The fourth-order valence-electron chi connectivity index (χ4n) is 2.87. The predicted molar refractivity (Wildman–Crippen MR) is 101 cm³/mol. The lowest BCUT2D eigenvalue weighted by Gasteiger charge is -2.26. The van der Waals surface area contributed by atoms with Crippen LogP contribution >= 0.6 is 11.3 Å². The van der Waals surface area contributed by atoms with Gasteiger partial charge in [0.1, 0.15) is 5.60 Å². The number of carbonyl (C=O) groups excluding carboxylic acids is 1. The summed E-state index contributed by atoms with van der Waals surface area (Å²) in [4.78, 5) is 31.0. The minimum absolute atomic E-state index is 0.0361. The number of likely N-dealkylation sites (N-methyl/N-ethyl adjacent to an activating group) is 1. The number of hydrogen-bond donors (Lipinski definition) is 0. The summed E-state index contributed by atoms with van der Waals surface area (Å²) in [5.74, 6) is 0. The van der Waals surface area contributed by atoms with Crippen molar-refractivity contribution in [2.75, 3.05) is 25.0 Å². The van der Waals surface area contributed by atoms with Crippen LogP contribution in [-0.2, 0) is 4.74 Å². The molecule has 1 fully saturated rings. The Hall–Kier alpha value is -2.42. The lowest BCUT2D eigenvalue weighted by Crippen LogP contribution is -2.39. The maximum absolute atomic E-state index is 12.2. The highest BCUT2D eigenvalue weighted by molar-refractivity contribution is 7.22. The van der Waals surface area contributed by atoms with E-state index < -0.39 is 10.5 Å². The van der Waals surface area contributed by atoms with E-state index in [1.54, 1.807) is 11.0 Å². The molecule has 0 N–H and O–H groups in total. The first kappa shape index (κ1) is 18.4. The van der Waals surface area contributed by atoms with Crippen molar-refractivity contribution in [1.82, 2.24) is 9.88 Å². The number of ether oxygens (including phenoxy) is 1. The summed E-state index contributed by atoms with van der Waals surface area (Å²) in [6.07, 6.45) is 0.527. The van der Waals surface area contributed by atoms with Gasteiger partial charge in [0.05, 0.1) is 21.2 Å². The minimum Gasteiger partial charge on any atom is -0.444 e. The fraction of sp³-hybridized carbons (Fsp3) is 0.529. The van der Waals surface area contributed by atoms with Crippen LogP contribution in [0.4, 0.5) is 15.6 Å². The van der Waals surface area contributed by atoms with Gasteiger partial charge in [-0.25, -0.2) is 9.78 Å². The number of amides is 1. The monoisotopic (exact) mass is 378 g/mol. The second-order valence-corrected chi connectivity index (χ2v) is 8.39. The highest BCUT2D eigenvalue weighted by atomic mass is 32.1. The summed E-state index contributed by atoms with van der Waals surface area (Å²) >= 11 is 1.49. The van der Waals surface area contributed by atoms with Gasteiger partial charge in [0.15, 0.2) is 5.13 Å². The molecule has 9 heteroatoms. The van der Waals surface area contributed by atoms with Crippen LogP contribution in [0.2, 0.25) is 0 Å². The van der Waals surface area contributed by atoms with Crippen LogP contribution < -0.4 is 4.90 Å². The molecule has 0 bridgehead atoms. The molecule has 1 aromatic carbocycles. The van der Waals surface area contributed by atoms with Gasteiger partial charge >= 0.3 is 6.09 Å². The smallest absolute Gasteiger partial charge is 0.410 e. The van der Waals surface area contributed by atoms with Crippen LogP contribution in [0.15, 0.2) is 18.2 Å². The van der Waals surface area contributed by atoms with Gasteiger partial charge in [0.25, 0.3) is 5.69 Å². The highest BCUT2D eigenvalue weighted by Gasteiger charge is 2.32. The molecular formula is C17H22N4O4S. The van der Waals surface area contributed by atoms with Crippen molar-refractivity contribution in [3.63, 3.8) is 0 Å². The van der Waals surface area contributed by atoms with Gasteiger partial charge in [-0.2, -0.15) is 0 Å². The van der Waals surface area contributed by atoms with Gasteiger partial charge < -0.3 is 14.5 Å². The number of non-ortho nitro benzene ring substituents is 1. The Balaban J connectivity index is 1.72. The molecule has 26 heavy (non-hydrogen) atoms. The van der Waals surface area contributed by atoms with Gasteiger partial charge in [-0.15, -0.1) is 0 Å². The summed E-state index contributed by atoms with van der Waals surface area (Å²) in [5, 5.41) is 11.7. The first-order valence-corrected chi connectivity index (χ1v) is 9.21. The Morgan fingerprint density at radius 1 is 1.46 bits per heavy atom. The van der Waals surface area contributed by atoms with Gasteiger partial charge in [0, 0.05) is 32.3 Å². The van der Waals surface area contributed by atoms with Crippen LogP contribution in [0.3, 0.4) is 0 Å². The number of carbonyl (C=O) groups is 1. The van der Waals surface area contributed by atoms with Gasteiger partial charge in [0.2, 0.25) is 0 Å². The number of anilines is 1. The van der Waals surface area contributed by atoms with E-state index in [0.29, 0.717) is 18.6 Å². The van der Waals surface area contributed by atoms with E-state index in [2.05, 4.69) is 4.98 Å². The molecule has 1 aliphatic rings. The third-order valence-electron chi connectivity index (χ3n) is 4.24. The second-order valence-electron chi connectivity index (χ2n) is 7.39. The van der Waals surface area contributed by atoms with E-state index in [1.165, 1.54) is 23.5 Å². The molecule has 0 radical (unpaired) electrons. The molecule has 140 valence electrons. The fourth-order valence-corrected chi connectivity index (χ4v) is 3.85. The largest absolute Gasteiger partial charge is 0.444 e. The summed E-state index contributed by atoms with van der Waals surface area (Å²) in [6.45, 7) is 6.77. The maximum atomic E-state index is 12.2. The molecule has 1 aromatic heterocycles. The third-order valence-corrected chi connectivity index (χ3v) is 5.36. The number of nitro benzene ring substituents is 1. The molecule has 1 saturated heterocycles. The predicted octanol–water partition coefficient (Wildman–Crippen LogP) is 3.65. The number of thiazole rings is 1. The van der Waals surface area contributed by atoms with Crippen molar-refractivity contribution in [1.29, 1.82) is 0 Å². The molecule has 1 atom stereocenters. The number of hydrogen-bond acceptors (Lipinski definition) is 7. The maximum Gasteiger partial charge on any atom is 0.410 e. The number of benzene rings is 1. The molecule has 2 heterocycles. The van der Waals surface area contributed by atoms with Crippen molar-refractivity contribution in [2.24, 2.45) is 0 Å². The van der Waals surface area contributed by atoms with Crippen molar-refractivity contribution >= 4 is 38.5 Å². The van der Waals surface area contributed by atoms with E-state index in [9.17, 15) is 14.9 Å². The molecule has 3 rings (SSSR count). The molecule has 0 spiro atoms. The first-order valence-electron chi connectivity index (χ1n) is 8.40. The van der Waals surface area contributed by atoms with Crippen molar-refractivity contribution in [3.05, 3.63) is 28.3 Å². The molecule has 0 unspecified atom stereocenters. The van der Waals surface area contributed by atoms with Crippen LogP contribution in [-0.4, -0.2) is 52.7 Å². The average molecular weight is 378 g/mol. The Morgan fingerprint density at radius 3 is 2.85 bits per heavy atom. The number of likely N-dealkylation sites (tertiary alicyclic amines) is 1. The number of aromatic nitrogens is 1. The second kappa shape index (κ2) is 6.71. The Bertz CT molecular complexity index is 845. The topological polar surface area (TPSA) is 88.8 Å².